The highest BCUT2D eigenvalue weighted by atomic mass is 32.2. The average Bonchev–Trinajstić information content (AvgIpc) is 4.07. The van der Waals surface area contributed by atoms with Crippen molar-refractivity contribution in [3.05, 3.63) is 30.4 Å². The van der Waals surface area contributed by atoms with Crippen molar-refractivity contribution in [2.45, 2.75) is 120 Å². The van der Waals surface area contributed by atoms with E-state index in [1.54, 1.807) is 31.2 Å². The van der Waals surface area contributed by atoms with Crippen LogP contribution in [-0.4, -0.2) is 122 Å². The quantitative estimate of drug-likeness (QED) is 0.257. The van der Waals surface area contributed by atoms with E-state index in [9.17, 15) is 31.6 Å². The number of halogens is 2. The fraction of sp³-hybridized carbons (Fsp3) is 0.659. The minimum atomic E-state index is -4.09. The van der Waals surface area contributed by atoms with Crippen LogP contribution in [-0.2, 0) is 33.9 Å². The molecule has 0 radical (unpaired) electrons. The lowest BCUT2D eigenvalue weighted by molar-refractivity contribution is -0.152. The normalized spacial score (nSPS) is 28.5. The maximum absolute atomic E-state index is 15.0. The highest BCUT2D eigenvalue weighted by Gasteiger charge is 2.63. The molecular weight excluding hydrogens is 823 g/mol. The van der Waals surface area contributed by atoms with Gasteiger partial charge in [0.15, 0.2) is 5.60 Å². The molecule has 17 nitrogen and oxygen atoms in total. The maximum atomic E-state index is 15.0. The standard InChI is InChI=1S/C41H56F2N6O11S/c1-23-12-9-10-13-25-20-41(25,35(52)48-61(54,55)39(4)16-17-39)47-32(50)28-19-26(59-36-44-27-14-11-15-29(57-7)30(27)33(46-36)58-8)21-49(28)34(51)31(24(18-23)22-56-6)45-37(53)60-38(2,3)40(5,42)43/h10-11,13-15,23-26,28,31H,9,12,16-22H2,1-8H3,(H,45,53)(H,47,50)(H,48,52)/b13-10-/t23-,24-,25-,26+,28-,31-,41-/m0/s1. The lowest BCUT2D eigenvalue weighted by atomic mass is 9.87. The molecule has 6 rings (SSSR count). The molecule has 0 bridgehead atoms. The van der Waals surface area contributed by atoms with Gasteiger partial charge in [0.1, 0.15) is 34.9 Å². The van der Waals surface area contributed by atoms with Crippen LogP contribution >= 0.6 is 0 Å². The van der Waals surface area contributed by atoms with Gasteiger partial charge >= 0.3 is 12.1 Å². The topological polar surface area (TPSA) is 214 Å². The summed E-state index contributed by atoms with van der Waals surface area (Å²) in [5.74, 6) is -6.69. The SMILES string of the molecule is COC[C@@H]1C[C@@H](C)CC/C=C\[C@H]2C[C@]2(C(=O)NS(=O)(=O)C2(C)CC2)NC(=O)[C@@H]2C[C@@H](Oc3nc(OC)c4c(OC)cccc4n3)CN2C(=O)[C@H]1NC(=O)OC(C)(C)C(C)(F)F. The summed E-state index contributed by atoms with van der Waals surface area (Å²) in [6, 6.07) is 2.17. The third kappa shape index (κ3) is 9.49. The van der Waals surface area contributed by atoms with E-state index in [2.05, 4.69) is 25.3 Å². The van der Waals surface area contributed by atoms with Crippen molar-refractivity contribution in [3.63, 3.8) is 0 Å². The number of alkyl carbamates (subject to hydrolysis) is 1. The molecule has 336 valence electrons. The number of rotatable bonds is 12. The molecule has 1 aromatic carbocycles. The minimum Gasteiger partial charge on any atom is -0.496 e. The van der Waals surface area contributed by atoms with Crippen LogP contribution in [0.15, 0.2) is 30.4 Å². The Morgan fingerprint density at radius 3 is 2.43 bits per heavy atom. The van der Waals surface area contributed by atoms with Gasteiger partial charge in [-0.25, -0.2) is 22.0 Å². The number of amides is 4. The predicted octanol–water partition coefficient (Wildman–Crippen LogP) is 4.04. The van der Waals surface area contributed by atoms with E-state index in [1.165, 1.54) is 26.2 Å². The van der Waals surface area contributed by atoms with E-state index in [0.717, 1.165) is 13.8 Å². The molecule has 4 aliphatic rings. The van der Waals surface area contributed by atoms with Crippen molar-refractivity contribution in [2.75, 3.05) is 34.5 Å². The van der Waals surface area contributed by atoms with Gasteiger partial charge in [0.25, 0.3) is 11.8 Å². The van der Waals surface area contributed by atoms with Gasteiger partial charge in [0.2, 0.25) is 27.7 Å². The summed E-state index contributed by atoms with van der Waals surface area (Å²) in [6.07, 6.45) is 3.58. The largest absolute Gasteiger partial charge is 0.496 e. The second-order valence-electron chi connectivity index (χ2n) is 17.5. The fourth-order valence-corrected chi connectivity index (χ4v) is 9.20. The lowest BCUT2D eigenvalue weighted by Gasteiger charge is -2.35. The van der Waals surface area contributed by atoms with E-state index in [1.807, 2.05) is 13.0 Å². The Morgan fingerprint density at radius 2 is 1.79 bits per heavy atom. The third-order valence-electron chi connectivity index (χ3n) is 12.5. The first-order valence-electron chi connectivity index (χ1n) is 20.4. The Bertz CT molecular complexity index is 2160. The molecule has 4 amide bonds. The van der Waals surface area contributed by atoms with Crippen molar-refractivity contribution in [1.82, 2.24) is 30.2 Å². The zero-order chi connectivity index (χ0) is 44.7. The van der Waals surface area contributed by atoms with Crippen molar-refractivity contribution in [3.8, 4) is 17.6 Å². The van der Waals surface area contributed by atoms with Crippen LogP contribution < -0.4 is 29.6 Å². The molecule has 1 aromatic heterocycles. The van der Waals surface area contributed by atoms with Gasteiger partial charge in [-0.05, 0) is 77.3 Å². The first-order valence-corrected chi connectivity index (χ1v) is 21.8. The van der Waals surface area contributed by atoms with Crippen molar-refractivity contribution in [2.24, 2.45) is 17.8 Å². The molecule has 0 spiro atoms. The van der Waals surface area contributed by atoms with Gasteiger partial charge < -0.3 is 39.2 Å². The summed E-state index contributed by atoms with van der Waals surface area (Å²) in [7, 11) is 0.233. The number of nitrogens with zero attached hydrogens (tertiary/aromatic N) is 3. The number of carbonyl (C=O) groups excluding carboxylic acids is 4. The number of alkyl halides is 2. The monoisotopic (exact) mass is 878 g/mol. The van der Waals surface area contributed by atoms with E-state index < -0.39 is 85.7 Å². The average molecular weight is 879 g/mol. The number of fused-ring (bicyclic) bond motifs is 3. The van der Waals surface area contributed by atoms with Gasteiger partial charge in [0, 0.05) is 32.3 Å². The van der Waals surface area contributed by atoms with Crippen LogP contribution in [0.25, 0.3) is 10.9 Å². The van der Waals surface area contributed by atoms with E-state index in [4.69, 9.17) is 23.7 Å². The molecule has 61 heavy (non-hydrogen) atoms. The van der Waals surface area contributed by atoms with Gasteiger partial charge in [-0.3, -0.25) is 19.1 Å². The van der Waals surface area contributed by atoms with E-state index in [0.29, 0.717) is 55.7 Å². The number of sulfonamides is 1. The highest BCUT2D eigenvalue weighted by Crippen LogP contribution is 2.48. The molecule has 3 heterocycles. The van der Waals surface area contributed by atoms with E-state index >= 15 is 4.79 Å². The second kappa shape index (κ2) is 17.1. The van der Waals surface area contributed by atoms with E-state index in [-0.39, 0.29) is 43.8 Å². The Labute approximate surface area is 354 Å². The van der Waals surface area contributed by atoms with Gasteiger partial charge in [-0.2, -0.15) is 9.97 Å². The molecule has 20 heteroatoms. The van der Waals surface area contributed by atoms with Crippen LogP contribution in [0.1, 0.15) is 79.6 Å². The number of aromatic nitrogens is 2. The lowest BCUT2D eigenvalue weighted by Crippen LogP contribution is -2.60. The number of nitrogens with one attached hydrogen (secondary N) is 3. The molecule has 2 aliphatic heterocycles. The summed E-state index contributed by atoms with van der Waals surface area (Å²) in [5.41, 5.74) is -3.51. The first kappa shape index (κ1) is 45.7. The zero-order valence-electron chi connectivity index (χ0n) is 35.7. The molecule has 7 atom stereocenters. The van der Waals surface area contributed by atoms with Crippen molar-refractivity contribution < 1.29 is 60.1 Å². The predicted molar refractivity (Wildman–Crippen MR) is 216 cm³/mol. The minimum absolute atomic E-state index is 0.0399. The van der Waals surface area contributed by atoms with Crippen LogP contribution in [0, 0.1) is 17.8 Å². The van der Waals surface area contributed by atoms with Crippen LogP contribution in [0.5, 0.6) is 17.6 Å². The smallest absolute Gasteiger partial charge is 0.408 e. The second-order valence-corrected chi connectivity index (χ2v) is 19.7. The Kier molecular flexibility index (Phi) is 12.8. The Morgan fingerprint density at radius 1 is 1.07 bits per heavy atom. The number of hydrogen-bond donors (Lipinski definition) is 3. The highest BCUT2D eigenvalue weighted by molar-refractivity contribution is 7.91. The number of hydrogen-bond acceptors (Lipinski definition) is 13. The number of allylic oxidation sites excluding steroid dienone is 1. The summed E-state index contributed by atoms with van der Waals surface area (Å²) in [4.78, 5) is 67.3. The van der Waals surface area contributed by atoms with Crippen LogP contribution in [0.2, 0.25) is 0 Å². The number of carbonyl (C=O) groups is 4. The number of ether oxygens (including phenoxy) is 5. The van der Waals surface area contributed by atoms with Gasteiger partial charge in [-0.15, -0.1) is 0 Å². The first-order chi connectivity index (χ1) is 28.6. The Balaban J connectivity index is 1.39. The van der Waals surface area contributed by atoms with Crippen molar-refractivity contribution in [1.29, 1.82) is 0 Å². The van der Waals surface area contributed by atoms with Crippen molar-refractivity contribution >= 4 is 44.7 Å². The van der Waals surface area contributed by atoms with Gasteiger partial charge in [-0.1, -0.05) is 25.1 Å². The van der Waals surface area contributed by atoms with Crippen LogP contribution in [0.3, 0.4) is 0 Å². The van der Waals surface area contributed by atoms with Gasteiger partial charge in [0.05, 0.1) is 37.6 Å². The molecule has 0 unspecified atom stereocenters. The summed E-state index contributed by atoms with van der Waals surface area (Å²) in [6.45, 7) is 5.90. The zero-order valence-corrected chi connectivity index (χ0v) is 36.5. The number of methoxy groups -OCH3 is 3. The molecule has 2 aliphatic carbocycles. The molecular formula is C41H56F2N6O11S. The number of benzene rings is 1. The molecule has 2 saturated carbocycles. The maximum Gasteiger partial charge on any atom is 0.408 e. The molecule has 3 fully saturated rings. The Hall–Kier alpha value is -4.85. The molecule has 3 N–H and O–H groups in total. The summed E-state index contributed by atoms with van der Waals surface area (Å²) < 4.78 is 84.6. The fourth-order valence-electron chi connectivity index (χ4n) is 7.89. The molecule has 1 saturated heterocycles. The third-order valence-corrected chi connectivity index (χ3v) is 14.6. The van der Waals surface area contributed by atoms with Crippen LogP contribution in [0.4, 0.5) is 13.6 Å². The summed E-state index contributed by atoms with van der Waals surface area (Å²) in [5, 5.41) is 5.82. The molecule has 2 aromatic rings. The summed E-state index contributed by atoms with van der Waals surface area (Å²) >= 11 is 0.